The van der Waals surface area contributed by atoms with Crippen LogP contribution in [-0.2, 0) is 0 Å². The van der Waals surface area contributed by atoms with Crippen LogP contribution in [0.4, 0.5) is 11.5 Å². The molecule has 2 aromatic heterocycles. The van der Waals surface area contributed by atoms with E-state index < -0.39 is 0 Å². The van der Waals surface area contributed by atoms with Crippen LogP contribution in [0.5, 0.6) is 11.5 Å². The molecule has 0 unspecified atom stereocenters. The Hall–Kier alpha value is -3.56. The van der Waals surface area contributed by atoms with Gasteiger partial charge in [0.1, 0.15) is 22.7 Å². The maximum absolute atomic E-state index is 5.52. The van der Waals surface area contributed by atoms with E-state index in [4.69, 9.17) is 21.2 Å². The molecular weight excluding hydrogens is 388 g/mol. The topological polar surface area (TPSA) is 121 Å². The second-order valence-electron chi connectivity index (χ2n) is 6.27. The number of aromatic amines is 1. The van der Waals surface area contributed by atoms with Gasteiger partial charge < -0.3 is 20.7 Å². The van der Waals surface area contributed by atoms with E-state index in [1.54, 1.807) is 25.6 Å². The fourth-order valence-electron chi connectivity index (χ4n) is 3.23. The summed E-state index contributed by atoms with van der Waals surface area (Å²) in [6, 6.07) is 13.6. The highest BCUT2D eigenvalue weighted by atomic mass is 32.1. The molecule has 29 heavy (non-hydrogen) atoms. The normalized spacial score (nSPS) is 11.6. The van der Waals surface area contributed by atoms with E-state index in [2.05, 4.69) is 32.3 Å². The third-order valence-corrected chi connectivity index (χ3v) is 5.57. The number of nitrogens with two attached hydrogens (primary N) is 2. The molecule has 0 aliphatic rings. The van der Waals surface area contributed by atoms with Gasteiger partial charge in [0.05, 0.1) is 24.3 Å². The van der Waals surface area contributed by atoms with Crippen LogP contribution in [0.15, 0.2) is 52.9 Å². The number of aromatic nitrogens is 1. The Labute approximate surface area is 171 Å². The van der Waals surface area contributed by atoms with Crippen molar-refractivity contribution in [1.29, 1.82) is 0 Å². The Morgan fingerprint density at radius 3 is 2.45 bits per heavy atom. The van der Waals surface area contributed by atoms with Crippen LogP contribution in [0.2, 0.25) is 0 Å². The number of benzene rings is 2. The SMILES string of the molecule is COc1cc(Nc2[nH+]c3cc(C(=NN)NN)ccc3c3sccc23)cc(OC)c1. The number of fused-ring (bicyclic) bond motifs is 3. The van der Waals surface area contributed by atoms with Crippen molar-refractivity contribution in [2.24, 2.45) is 16.8 Å². The third kappa shape index (κ3) is 3.48. The highest BCUT2D eigenvalue weighted by Crippen LogP contribution is 2.34. The molecule has 0 spiro atoms. The summed E-state index contributed by atoms with van der Waals surface area (Å²) in [5, 5.41) is 11.4. The predicted octanol–water partition coefficient (Wildman–Crippen LogP) is 2.71. The van der Waals surface area contributed by atoms with Crippen LogP contribution in [0, 0.1) is 0 Å². The summed E-state index contributed by atoms with van der Waals surface area (Å²) in [7, 11) is 3.25. The molecule has 4 rings (SSSR count). The largest absolute Gasteiger partial charge is 0.496 e. The number of amidine groups is 1. The fraction of sp³-hybridized carbons (Fsp3) is 0.100. The van der Waals surface area contributed by atoms with Gasteiger partial charge in [0.25, 0.3) is 5.82 Å². The van der Waals surface area contributed by atoms with E-state index in [0.29, 0.717) is 17.3 Å². The predicted molar refractivity (Wildman–Crippen MR) is 117 cm³/mol. The molecule has 0 atom stereocenters. The lowest BCUT2D eigenvalue weighted by molar-refractivity contribution is -0.325. The van der Waals surface area contributed by atoms with E-state index in [-0.39, 0.29) is 0 Å². The van der Waals surface area contributed by atoms with Crippen molar-refractivity contribution in [1.82, 2.24) is 5.43 Å². The Morgan fingerprint density at radius 2 is 1.79 bits per heavy atom. The molecule has 2 aromatic carbocycles. The standard InChI is InChI=1S/C20H20N6O2S/c1-27-13-8-12(9-14(10-13)28-2)23-20-16-5-6-29-18(16)15-4-3-11(7-17(15)24-20)19(25-21)26-22/h3-10H,21-22H2,1-2H3,(H,23,24)(H,25,26)/p+1. The quantitative estimate of drug-likeness (QED) is 0.174. The van der Waals surface area contributed by atoms with Gasteiger partial charge in [-0.1, -0.05) is 6.07 Å². The lowest BCUT2D eigenvalue weighted by Crippen LogP contribution is -2.32. The Balaban J connectivity index is 1.86. The second-order valence-corrected chi connectivity index (χ2v) is 7.19. The molecule has 0 radical (unpaired) electrons. The number of nitrogens with zero attached hydrogens (tertiary/aromatic N) is 1. The third-order valence-electron chi connectivity index (χ3n) is 4.62. The van der Waals surface area contributed by atoms with Gasteiger partial charge in [0.2, 0.25) is 0 Å². The first kappa shape index (κ1) is 18.8. The average Bonchev–Trinajstić information content (AvgIpc) is 3.25. The Morgan fingerprint density at radius 1 is 1.03 bits per heavy atom. The minimum atomic E-state index is 0.401. The number of hydrazine groups is 1. The summed E-state index contributed by atoms with van der Waals surface area (Å²) in [5.74, 6) is 13.6. The van der Waals surface area contributed by atoms with Gasteiger partial charge in [-0.25, -0.2) is 16.1 Å². The monoisotopic (exact) mass is 409 g/mol. The molecule has 0 aliphatic heterocycles. The summed E-state index contributed by atoms with van der Waals surface area (Å²) < 4.78 is 11.9. The summed E-state index contributed by atoms with van der Waals surface area (Å²) in [4.78, 5) is 3.47. The van der Waals surface area contributed by atoms with E-state index in [0.717, 1.165) is 38.1 Å². The molecule has 9 heteroatoms. The number of thiophene rings is 1. The van der Waals surface area contributed by atoms with Gasteiger partial charge in [-0.15, -0.1) is 11.3 Å². The first-order valence-electron chi connectivity index (χ1n) is 8.78. The summed E-state index contributed by atoms with van der Waals surface area (Å²) in [6.07, 6.45) is 0. The number of ether oxygens (including phenoxy) is 2. The molecular formula is C20H21N6O2S+. The molecule has 0 amide bonds. The zero-order valence-electron chi connectivity index (χ0n) is 15.9. The Bertz CT molecular complexity index is 1200. The molecule has 4 aromatic rings. The molecule has 2 heterocycles. The van der Waals surface area contributed by atoms with Crippen molar-refractivity contribution in [2.45, 2.75) is 0 Å². The lowest BCUT2D eigenvalue weighted by Gasteiger charge is -2.09. The number of methoxy groups -OCH3 is 2. The van der Waals surface area contributed by atoms with E-state index >= 15 is 0 Å². The van der Waals surface area contributed by atoms with Crippen LogP contribution in [0.3, 0.4) is 0 Å². The van der Waals surface area contributed by atoms with Crippen molar-refractivity contribution in [2.75, 3.05) is 19.5 Å². The van der Waals surface area contributed by atoms with Crippen molar-refractivity contribution < 1.29 is 14.5 Å². The van der Waals surface area contributed by atoms with Crippen molar-refractivity contribution in [3.63, 3.8) is 0 Å². The van der Waals surface area contributed by atoms with Crippen LogP contribution in [-0.4, -0.2) is 20.1 Å². The number of hydrogen-bond donors (Lipinski definition) is 4. The number of rotatable bonds is 5. The minimum absolute atomic E-state index is 0.401. The highest BCUT2D eigenvalue weighted by Gasteiger charge is 2.17. The number of nitrogens with one attached hydrogen (secondary N) is 3. The van der Waals surface area contributed by atoms with Gasteiger partial charge >= 0.3 is 0 Å². The van der Waals surface area contributed by atoms with Crippen LogP contribution < -0.4 is 36.9 Å². The van der Waals surface area contributed by atoms with Crippen molar-refractivity contribution in [3.05, 3.63) is 53.4 Å². The smallest absolute Gasteiger partial charge is 0.286 e. The number of hydrazone groups is 1. The number of hydrogen-bond acceptors (Lipinski definition) is 7. The number of pyridine rings is 1. The zero-order valence-corrected chi connectivity index (χ0v) is 16.8. The highest BCUT2D eigenvalue weighted by molar-refractivity contribution is 7.18. The molecule has 0 saturated carbocycles. The van der Waals surface area contributed by atoms with Gasteiger partial charge in [-0.2, -0.15) is 5.10 Å². The molecule has 0 saturated heterocycles. The van der Waals surface area contributed by atoms with Crippen molar-refractivity contribution in [3.8, 4) is 11.5 Å². The first-order valence-corrected chi connectivity index (χ1v) is 9.66. The summed E-state index contributed by atoms with van der Waals surface area (Å²) in [6.45, 7) is 0. The molecule has 7 N–H and O–H groups in total. The van der Waals surface area contributed by atoms with E-state index in [1.165, 1.54) is 0 Å². The summed E-state index contributed by atoms with van der Waals surface area (Å²) >= 11 is 1.68. The second kappa shape index (κ2) is 7.82. The van der Waals surface area contributed by atoms with Crippen LogP contribution in [0.25, 0.3) is 21.0 Å². The zero-order chi connectivity index (χ0) is 20.4. The van der Waals surface area contributed by atoms with Gasteiger partial charge in [0.15, 0.2) is 5.84 Å². The van der Waals surface area contributed by atoms with Gasteiger partial charge in [-0.3, -0.25) is 0 Å². The van der Waals surface area contributed by atoms with Gasteiger partial charge in [0, 0.05) is 29.1 Å². The minimum Gasteiger partial charge on any atom is -0.496 e. The lowest BCUT2D eigenvalue weighted by atomic mass is 10.1. The number of anilines is 2. The van der Waals surface area contributed by atoms with Crippen LogP contribution >= 0.6 is 11.3 Å². The molecule has 8 nitrogen and oxygen atoms in total. The number of H-pyrrole nitrogens is 1. The molecule has 0 bridgehead atoms. The average molecular weight is 409 g/mol. The molecule has 0 aliphatic carbocycles. The summed E-state index contributed by atoms with van der Waals surface area (Å²) in [5.41, 5.74) is 5.06. The maximum atomic E-state index is 5.52. The first-order chi connectivity index (χ1) is 14.2. The molecule has 148 valence electrons. The van der Waals surface area contributed by atoms with Crippen LogP contribution in [0.1, 0.15) is 5.56 Å². The van der Waals surface area contributed by atoms with Gasteiger partial charge in [-0.05, 0) is 23.6 Å². The maximum Gasteiger partial charge on any atom is 0.286 e. The molecule has 0 fully saturated rings. The fourth-order valence-corrected chi connectivity index (χ4v) is 4.17. The van der Waals surface area contributed by atoms with E-state index in [1.807, 2.05) is 36.4 Å². The Kier molecular flexibility index (Phi) is 5.07. The van der Waals surface area contributed by atoms with E-state index in [9.17, 15) is 0 Å². The van der Waals surface area contributed by atoms with Crippen molar-refractivity contribution >= 4 is 49.7 Å².